The Kier molecular flexibility index (Phi) is 5.58. The molecular formula is C21H33N3O2. The molecule has 1 amide bonds. The van der Waals surface area contributed by atoms with Gasteiger partial charge in [-0.05, 0) is 64.1 Å². The second-order valence-electron chi connectivity index (χ2n) is 8.91. The zero-order valence-electron chi connectivity index (χ0n) is 16.4. The van der Waals surface area contributed by atoms with Crippen molar-refractivity contribution in [3.05, 3.63) is 35.9 Å². The number of hydrogen-bond donors (Lipinski definition) is 1. The zero-order chi connectivity index (χ0) is 18.8. The van der Waals surface area contributed by atoms with E-state index >= 15 is 0 Å². The number of benzene rings is 1. The summed E-state index contributed by atoms with van der Waals surface area (Å²) in [4.78, 5) is 16.6. The van der Waals surface area contributed by atoms with Crippen LogP contribution in [0.1, 0.15) is 45.6 Å². The minimum absolute atomic E-state index is 0.0302. The van der Waals surface area contributed by atoms with Crippen molar-refractivity contribution in [3.8, 4) is 0 Å². The van der Waals surface area contributed by atoms with E-state index in [0.717, 1.165) is 45.4 Å². The molecule has 0 aliphatic carbocycles. The standard InChI is InChI=1S/C21H33N3O2/c1-20(2,3)26-19(25)24-14-11-21(18(22)16-24)9-12-23(13-10-21)15-17-7-5-4-6-8-17/h4-8,18H,9-16,22H2,1-3H3. The molecule has 3 rings (SSSR count). The molecule has 1 atom stereocenters. The molecule has 26 heavy (non-hydrogen) atoms. The first kappa shape index (κ1) is 19.2. The molecule has 2 heterocycles. The van der Waals surface area contributed by atoms with Crippen LogP contribution in [0.2, 0.25) is 0 Å². The molecule has 1 aromatic carbocycles. The molecule has 2 N–H and O–H groups in total. The number of hydrogen-bond acceptors (Lipinski definition) is 4. The number of rotatable bonds is 2. The molecule has 5 heteroatoms. The summed E-state index contributed by atoms with van der Waals surface area (Å²) in [7, 11) is 0. The van der Waals surface area contributed by atoms with Crippen molar-refractivity contribution in [2.24, 2.45) is 11.1 Å². The fourth-order valence-corrected chi connectivity index (χ4v) is 4.18. The maximum absolute atomic E-state index is 12.3. The monoisotopic (exact) mass is 359 g/mol. The first-order valence-electron chi connectivity index (χ1n) is 9.77. The summed E-state index contributed by atoms with van der Waals surface area (Å²) in [6.45, 7) is 10.2. The first-order chi connectivity index (χ1) is 12.3. The molecule has 2 aliphatic heterocycles. The number of amides is 1. The molecule has 1 aromatic rings. The number of carbonyl (C=O) groups excluding carboxylic acids is 1. The minimum atomic E-state index is -0.459. The van der Waals surface area contributed by atoms with Crippen LogP contribution in [-0.2, 0) is 11.3 Å². The lowest BCUT2D eigenvalue weighted by molar-refractivity contribution is -0.0124. The molecule has 1 unspecified atom stereocenters. The van der Waals surface area contributed by atoms with Crippen LogP contribution in [0.25, 0.3) is 0 Å². The fourth-order valence-electron chi connectivity index (χ4n) is 4.18. The highest BCUT2D eigenvalue weighted by Crippen LogP contribution is 2.41. The van der Waals surface area contributed by atoms with Gasteiger partial charge in [-0.25, -0.2) is 4.79 Å². The Morgan fingerprint density at radius 3 is 2.35 bits per heavy atom. The third-order valence-corrected chi connectivity index (χ3v) is 5.84. The van der Waals surface area contributed by atoms with Gasteiger partial charge in [0.15, 0.2) is 0 Å². The molecule has 0 saturated carbocycles. The summed E-state index contributed by atoms with van der Waals surface area (Å²) in [5.41, 5.74) is 7.65. The maximum atomic E-state index is 12.3. The Morgan fingerprint density at radius 1 is 1.15 bits per heavy atom. The van der Waals surface area contributed by atoms with E-state index < -0.39 is 5.60 Å². The number of carbonyl (C=O) groups is 1. The van der Waals surface area contributed by atoms with Crippen molar-refractivity contribution in [2.45, 2.75) is 58.2 Å². The second kappa shape index (κ2) is 7.57. The van der Waals surface area contributed by atoms with Crippen LogP contribution in [0.4, 0.5) is 4.79 Å². The van der Waals surface area contributed by atoms with Gasteiger partial charge in [0, 0.05) is 25.7 Å². The summed E-state index contributed by atoms with van der Waals surface area (Å²) in [5, 5.41) is 0. The smallest absolute Gasteiger partial charge is 0.410 e. The number of nitrogens with two attached hydrogens (primary N) is 1. The third-order valence-electron chi connectivity index (χ3n) is 5.84. The van der Waals surface area contributed by atoms with Crippen LogP contribution >= 0.6 is 0 Å². The Bertz CT molecular complexity index is 603. The number of ether oxygens (including phenoxy) is 1. The Morgan fingerprint density at radius 2 is 1.77 bits per heavy atom. The summed E-state index contributed by atoms with van der Waals surface area (Å²) in [5.74, 6) is 0. The third kappa shape index (κ3) is 4.57. The fraction of sp³-hybridized carbons (Fsp3) is 0.667. The van der Waals surface area contributed by atoms with Crippen molar-refractivity contribution in [1.29, 1.82) is 0 Å². The van der Waals surface area contributed by atoms with E-state index in [1.165, 1.54) is 5.56 Å². The van der Waals surface area contributed by atoms with Gasteiger partial charge >= 0.3 is 6.09 Å². The summed E-state index contributed by atoms with van der Waals surface area (Å²) < 4.78 is 5.51. The van der Waals surface area contributed by atoms with Crippen molar-refractivity contribution in [1.82, 2.24) is 9.80 Å². The van der Waals surface area contributed by atoms with Crippen LogP contribution in [0.15, 0.2) is 30.3 Å². The lowest BCUT2D eigenvalue weighted by atomic mass is 9.68. The van der Waals surface area contributed by atoms with Gasteiger partial charge in [0.2, 0.25) is 0 Å². The van der Waals surface area contributed by atoms with Crippen molar-refractivity contribution >= 4 is 6.09 Å². The molecule has 2 fully saturated rings. The predicted octanol–water partition coefficient (Wildman–Crippen LogP) is 3.24. The Balaban J connectivity index is 1.52. The molecule has 0 aromatic heterocycles. The van der Waals surface area contributed by atoms with Crippen molar-refractivity contribution < 1.29 is 9.53 Å². The zero-order valence-corrected chi connectivity index (χ0v) is 16.4. The summed E-state index contributed by atoms with van der Waals surface area (Å²) >= 11 is 0. The number of piperidine rings is 2. The predicted molar refractivity (Wildman–Crippen MR) is 104 cm³/mol. The normalized spacial score (nSPS) is 23.8. The molecule has 0 radical (unpaired) electrons. The topological polar surface area (TPSA) is 58.8 Å². The van der Waals surface area contributed by atoms with Crippen molar-refractivity contribution in [3.63, 3.8) is 0 Å². The molecular weight excluding hydrogens is 326 g/mol. The van der Waals surface area contributed by atoms with Crippen LogP contribution in [0.3, 0.4) is 0 Å². The van der Waals surface area contributed by atoms with Gasteiger partial charge in [0.25, 0.3) is 0 Å². The summed E-state index contributed by atoms with van der Waals surface area (Å²) in [6.07, 6.45) is 2.98. The largest absolute Gasteiger partial charge is 0.444 e. The molecule has 0 bridgehead atoms. The molecule has 144 valence electrons. The lowest BCUT2D eigenvalue weighted by Gasteiger charge is -2.50. The van der Waals surface area contributed by atoms with E-state index in [9.17, 15) is 4.79 Å². The SMILES string of the molecule is CC(C)(C)OC(=O)N1CCC2(CCN(Cc3ccccc3)CC2)C(N)C1. The Labute approximate surface area is 157 Å². The maximum Gasteiger partial charge on any atom is 0.410 e. The number of likely N-dealkylation sites (tertiary alicyclic amines) is 2. The van der Waals surface area contributed by atoms with Gasteiger partial charge in [0.1, 0.15) is 5.60 Å². The van der Waals surface area contributed by atoms with E-state index in [1.807, 2.05) is 20.8 Å². The van der Waals surface area contributed by atoms with Gasteiger partial charge in [-0.15, -0.1) is 0 Å². The highest BCUT2D eigenvalue weighted by molar-refractivity contribution is 5.68. The average Bonchev–Trinajstić information content (AvgIpc) is 2.59. The van der Waals surface area contributed by atoms with Crippen LogP contribution in [-0.4, -0.2) is 53.7 Å². The average molecular weight is 360 g/mol. The van der Waals surface area contributed by atoms with Gasteiger partial charge < -0.3 is 15.4 Å². The Hall–Kier alpha value is -1.59. The minimum Gasteiger partial charge on any atom is -0.444 e. The van der Waals surface area contributed by atoms with E-state index in [-0.39, 0.29) is 17.6 Å². The second-order valence-corrected chi connectivity index (χ2v) is 8.91. The van der Waals surface area contributed by atoms with Crippen molar-refractivity contribution in [2.75, 3.05) is 26.2 Å². The van der Waals surface area contributed by atoms with Crippen LogP contribution in [0, 0.1) is 5.41 Å². The highest BCUT2D eigenvalue weighted by atomic mass is 16.6. The first-order valence-corrected chi connectivity index (χ1v) is 9.77. The van der Waals surface area contributed by atoms with Crippen LogP contribution < -0.4 is 5.73 Å². The summed E-state index contributed by atoms with van der Waals surface area (Å²) in [6, 6.07) is 10.7. The van der Waals surface area contributed by atoms with Gasteiger partial charge in [0.05, 0.1) is 0 Å². The molecule has 1 spiro atoms. The van der Waals surface area contributed by atoms with E-state index in [4.69, 9.17) is 10.5 Å². The quantitative estimate of drug-likeness (QED) is 0.881. The van der Waals surface area contributed by atoms with Gasteiger partial charge in [-0.1, -0.05) is 30.3 Å². The van der Waals surface area contributed by atoms with E-state index in [0.29, 0.717) is 6.54 Å². The van der Waals surface area contributed by atoms with E-state index in [1.54, 1.807) is 4.90 Å². The lowest BCUT2D eigenvalue weighted by Crippen LogP contribution is -2.60. The van der Waals surface area contributed by atoms with Crippen LogP contribution in [0.5, 0.6) is 0 Å². The van der Waals surface area contributed by atoms with E-state index in [2.05, 4.69) is 35.2 Å². The molecule has 2 aliphatic rings. The molecule has 5 nitrogen and oxygen atoms in total. The van der Waals surface area contributed by atoms with Gasteiger partial charge in [-0.2, -0.15) is 0 Å². The highest BCUT2D eigenvalue weighted by Gasteiger charge is 2.44. The number of nitrogens with zero attached hydrogens (tertiary/aromatic N) is 2. The molecule has 2 saturated heterocycles. The van der Waals surface area contributed by atoms with Gasteiger partial charge in [-0.3, -0.25) is 4.90 Å².